The smallest absolute Gasteiger partial charge is 0.331 e. The highest BCUT2D eigenvalue weighted by atomic mass is 127. The zero-order valence-electron chi connectivity index (χ0n) is 8.83. The second kappa shape index (κ2) is 4.14. The van der Waals surface area contributed by atoms with Crippen molar-refractivity contribution in [3.05, 3.63) is 17.7 Å². The number of amides is 1. The molecule has 1 aromatic rings. The Labute approximate surface area is 109 Å². The first-order valence-corrected chi connectivity index (χ1v) is 5.99. The summed E-state index contributed by atoms with van der Waals surface area (Å²) in [6.45, 7) is 2.43. The molecule has 0 aliphatic carbocycles. The van der Waals surface area contributed by atoms with Crippen LogP contribution in [-0.4, -0.2) is 24.9 Å². The maximum Gasteiger partial charge on any atom is 0.434 e. The maximum absolute atomic E-state index is 12.5. The molecule has 0 aromatic carbocycles. The predicted octanol–water partition coefficient (Wildman–Crippen LogP) is 2.83. The molecule has 1 aromatic heterocycles. The van der Waals surface area contributed by atoms with Crippen molar-refractivity contribution in [1.29, 1.82) is 0 Å². The van der Waals surface area contributed by atoms with Gasteiger partial charge in [-0.3, -0.25) is 4.79 Å². The van der Waals surface area contributed by atoms with Gasteiger partial charge in [-0.2, -0.15) is 13.2 Å². The van der Waals surface area contributed by atoms with Crippen LogP contribution in [0.3, 0.4) is 0 Å². The summed E-state index contributed by atoms with van der Waals surface area (Å²) in [4.78, 5) is 16.4. The molecule has 0 saturated heterocycles. The topological polar surface area (TPSA) is 38.1 Å². The van der Waals surface area contributed by atoms with Gasteiger partial charge in [-0.25, -0.2) is 4.98 Å². The molecule has 0 bridgehead atoms. The summed E-state index contributed by atoms with van der Waals surface area (Å²) in [5, 5.41) is 0. The zero-order valence-corrected chi connectivity index (χ0v) is 11.0. The minimum absolute atomic E-state index is 0.182. The number of carbonyl (C=O) groups excluding carboxylic acids is 1. The lowest BCUT2D eigenvalue weighted by Crippen LogP contribution is -2.38. The maximum atomic E-state index is 12.5. The fourth-order valence-corrected chi connectivity index (χ4v) is 2.53. The highest BCUT2D eigenvalue weighted by Crippen LogP contribution is 2.32. The van der Waals surface area contributed by atoms with Gasteiger partial charge in [-0.1, -0.05) is 0 Å². The van der Waals surface area contributed by atoms with Crippen LogP contribution in [0.15, 0.2) is 6.20 Å². The number of rotatable bonds is 0. The Bertz CT molecular complexity index is 457. The molecule has 4 nitrogen and oxygen atoms in total. The minimum Gasteiger partial charge on any atom is -0.331 e. The first kappa shape index (κ1) is 12.7. The number of halogens is 4. The average Bonchev–Trinajstić information content (AvgIpc) is 2.61. The van der Waals surface area contributed by atoms with Crippen molar-refractivity contribution < 1.29 is 18.0 Å². The summed E-state index contributed by atoms with van der Waals surface area (Å²) in [5.74, 6) is 0.286. The second-order valence-corrected chi connectivity index (χ2v) is 4.72. The summed E-state index contributed by atoms with van der Waals surface area (Å²) >= 11 is 1.63. The fraction of sp³-hybridized carbons (Fsp3) is 0.556. The van der Waals surface area contributed by atoms with Crippen LogP contribution in [0.1, 0.15) is 24.5 Å². The molecule has 0 fully saturated rings. The van der Waals surface area contributed by atoms with E-state index in [4.69, 9.17) is 0 Å². The third-order valence-corrected chi connectivity index (χ3v) is 3.37. The Hall–Kier alpha value is -0.800. The van der Waals surface area contributed by atoms with Crippen LogP contribution < -0.4 is 0 Å². The van der Waals surface area contributed by atoms with E-state index in [1.54, 1.807) is 29.5 Å². The molecule has 1 aliphatic heterocycles. The summed E-state index contributed by atoms with van der Waals surface area (Å²) in [7, 11) is 0. The van der Waals surface area contributed by atoms with Crippen molar-refractivity contribution >= 4 is 26.5 Å². The van der Waals surface area contributed by atoms with Crippen LogP contribution in [0.2, 0.25) is 0 Å². The van der Waals surface area contributed by atoms with E-state index in [9.17, 15) is 18.0 Å². The van der Waals surface area contributed by atoms with Gasteiger partial charge in [0.2, 0.25) is 0 Å². The van der Waals surface area contributed by atoms with E-state index in [0.717, 1.165) is 6.20 Å². The normalized spacial score (nSPS) is 20.3. The first-order chi connectivity index (χ1) is 7.80. The molecule has 94 valence electrons. The Morgan fingerprint density at radius 3 is 2.71 bits per heavy atom. The quantitative estimate of drug-likeness (QED) is 0.406. The summed E-state index contributed by atoms with van der Waals surface area (Å²) < 4.78 is 38.8. The van der Waals surface area contributed by atoms with Gasteiger partial charge in [0, 0.05) is 41.9 Å². The van der Waals surface area contributed by atoms with E-state index >= 15 is 0 Å². The number of carbonyl (C=O) groups is 1. The molecule has 1 amide bonds. The van der Waals surface area contributed by atoms with Crippen LogP contribution in [-0.2, 0) is 12.7 Å². The standard InChI is InChI=1S/C9H9F3IN3O/c1-5-7-14-6(9(10,11)12)4-15(7)2-3-16(5)8(13)17/h4-5H,2-3H2,1H3. The minimum atomic E-state index is -4.44. The van der Waals surface area contributed by atoms with E-state index in [1.807, 2.05) is 0 Å². The van der Waals surface area contributed by atoms with E-state index in [-0.39, 0.29) is 9.74 Å². The molecule has 0 radical (unpaired) electrons. The third kappa shape index (κ3) is 2.26. The number of alkyl halides is 3. The van der Waals surface area contributed by atoms with E-state index < -0.39 is 17.9 Å². The average molecular weight is 359 g/mol. The van der Waals surface area contributed by atoms with Crippen LogP contribution in [0.25, 0.3) is 0 Å². The summed E-state index contributed by atoms with van der Waals surface area (Å²) in [5.41, 5.74) is -0.901. The number of aromatic nitrogens is 2. The molecule has 0 spiro atoms. The van der Waals surface area contributed by atoms with Crippen molar-refractivity contribution in [2.24, 2.45) is 0 Å². The molecule has 1 atom stereocenters. The van der Waals surface area contributed by atoms with Gasteiger partial charge < -0.3 is 9.47 Å². The van der Waals surface area contributed by atoms with Crippen molar-refractivity contribution in [3.8, 4) is 0 Å². The molecular formula is C9H9F3IN3O. The van der Waals surface area contributed by atoms with E-state index in [1.165, 1.54) is 9.47 Å². The van der Waals surface area contributed by atoms with Gasteiger partial charge in [0.15, 0.2) is 5.69 Å². The summed E-state index contributed by atoms with van der Waals surface area (Å²) in [6, 6.07) is -0.427. The largest absolute Gasteiger partial charge is 0.434 e. The molecule has 1 unspecified atom stereocenters. The van der Waals surface area contributed by atoms with Crippen molar-refractivity contribution in [3.63, 3.8) is 0 Å². The molecule has 2 rings (SSSR count). The second-order valence-electron chi connectivity index (χ2n) is 3.80. The van der Waals surface area contributed by atoms with Crippen molar-refractivity contribution in [2.45, 2.75) is 25.7 Å². The Balaban J connectivity index is 2.37. The zero-order chi connectivity index (χ0) is 12.8. The van der Waals surface area contributed by atoms with Crippen LogP contribution >= 0.6 is 22.6 Å². The van der Waals surface area contributed by atoms with Gasteiger partial charge in [0.25, 0.3) is 3.91 Å². The van der Waals surface area contributed by atoms with Gasteiger partial charge in [0.05, 0.1) is 6.04 Å². The number of hydrogen-bond acceptors (Lipinski definition) is 2. The van der Waals surface area contributed by atoms with Gasteiger partial charge in [-0.05, 0) is 6.92 Å². The lowest BCUT2D eigenvalue weighted by molar-refractivity contribution is -0.141. The lowest BCUT2D eigenvalue weighted by Gasteiger charge is -2.32. The summed E-state index contributed by atoms with van der Waals surface area (Å²) in [6.07, 6.45) is -3.44. The Morgan fingerprint density at radius 1 is 1.53 bits per heavy atom. The number of nitrogens with zero attached hydrogens (tertiary/aromatic N) is 3. The number of hydrogen-bond donors (Lipinski definition) is 0. The highest BCUT2D eigenvalue weighted by Gasteiger charge is 2.37. The number of fused-ring (bicyclic) bond motifs is 1. The molecule has 0 saturated carbocycles. The molecule has 0 N–H and O–H groups in total. The molecule has 17 heavy (non-hydrogen) atoms. The van der Waals surface area contributed by atoms with Gasteiger partial charge >= 0.3 is 6.18 Å². The van der Waals surface area contributed by atoms with Gasteiger partial charge in [-0.15, -0.1) is 0 Å². The predicted molar refractivity (Wildman–Crippen MR) is 61.8 cm³/mol. The molecular weight excluding hydrogens is 350 g/mol. The Kier molecular flexibility index (Phi) is 3.08. The SMILES string of the molecule is CC1c2nc(C(F)(F)F)cn2CCN1C(=O)I. The van der Waals surface area contributed by atoms with Crippen molar-refractivity contribution in [1.82, 2.24) is 14.5 Å². The van der Waals surface area contributed by atoms with E-state index in [0.29, 0.717) is 13.1 Å². The van der Waals surface area contributed by atoms with Crippen molar-refractivity contribution in [2.75, 3.05) is 6.54 Å². The molecule has 8 heteroatoms. The Morgan fingerprint density at radius 2 is 2.18 bits per heavy atom. The highest BCUT2D eigenvalue weighted by molar-refractivity contribution is 14.1. The molecule has 1 aliphatic rings. The van der Waals surface area contributed by atoms with E-state index in [2.05, 4.69) is 4.98 Å². The monoisotopic (exact) mass is 359 g/mol. The van der Waals surface area contributed by atoms with Crippen LogP contribution in [0, 0.1) is 0 Å². The van der Waals surface area contributed by atoms with Crippen LogP contribution in [0.4, 0.5) is 18.0 Å². The third-order valence-electron chi connectivity index (χ3n) is 2.75. The molecule has 2 heterocycles. The van der Waals surface area contributed by atoms with Gasteiger partial charge in [0.1, 0.15) is 5.82 Å². The fourth-order valence-electron chi connectivity index (χ4n) is 1.87. The number of imidazole rings is 1. The first-order valence-electron chi connectivity index (χ1n) is 4.91. The lowest BCUT2D eigenvalue weighted by atomic mass is 10.2. The van der Waals surface area contributed by atoms with Crippen LogP contribution in [0.5, 0.6) is 0 Å².